The Labute approximate surface area is 144 Å². The van der Waals surface area contributed by atoms with Crippen molar-refractivity contribution in [1.29, 1.82) is 0 Å². The second-order valence-corrected chi connectivity index (χ2v) is 7.19. The molecule has 124 valence electrons. The second-order valence-electron chi connectivity index (χ2n) is 5.09. The number of sulfonamides is 1. The van der Waals surface area contributed by atoms with Gasteiger partial charge in [-0.1, -0.05) is 23.7 Å². The van der Waals surface area contributed by atoms with Crippen LogP contribution in [-0.4, -0.2) is 28.2 Å². The van der Waals surface area contributed by atoms with Crippen molar-refractivity contribution in [3.8, 4) is 5.69 Å². The summed E-state index contributed by atoms with van der Waals surface area (Å²) in [5.41, 5.74) is 1.66. The minimum absolute atomic E-state index is 0.0676. The molecule has 1 aromatic carbocycles. The van der Waals surface area contributed by atoms with Gasteiger partial charge < -0.3 is 0 Å². The van der Waals surface area contributed by atoms with Gasteiger partial charge in [0.2, 0.25) is 10.0 Å². The Balaban J connectivity index is 1.76. The van der Waals surface area contributed by atoms with Crippen LogP contribution in [0.4, 0.5) is 0 Å². The molecule has 0 bridgehead atoms. The highest BCUT2D eigenvalue weighted by Crippen LogP contribution is 2.19. The summed E-state index contributed by atoms with van der Waals surface area (Å²) < 4.78 is 29.0. The monoisotopic (exact) mass is 363 g/mol. The molecule has 7 nitrogen and oxygen atoms in total. The van der Waals surface area contributed by atoms with E-state index in [1.807, 2.05) is 24.3 Å². The van der Waals surface area contributed by atoms with E-state index in [-0.39, 0.29) is 10.0 Å². The van der Waals surface area contributed by atoms with Gasteiger partial charge in [-0.2, -0.15) is 5.10 Å². The van der Waals surface area contributed by atoms with Crippen LogP contribution >= 0.6 is 11.6 Å². The quantitative estimate of drug-likeness (QED) is 0.703. The van der Waals surface area contributed by atoms with Crippen LogP contribution in [-0.2, 0) is 10.0 Å². The third-order valence-electron chi connectivity index (χ3n) is 3.42. The number of rotatable bonds is 5. The van der Waals surface area contributed by atoms with Gasteiger partial charge in [-0.3, -0.25) is 0 Å². The molecule has 0 aliphatic rings. The number of hydrogen-bond donors (Lipinski definition) is 1. The van der Waals surface area contributed by atoms with Gasteiger partial charge in [0.15, 0.2) is 0 Å². The lowest BCUT2D eigenvalue weighted by Gasteiger charge is -2.15. The van der Waals surface area contributed by atoms with E-state index in [4.69, 9.17) is 11.6 Å². The van der Waals surface area contributed by atoms with E-state index in [1.165, 1.54) is 24.7 Å². The normalized spacial score (nSPS) is 12.9. The zero-order valence-electron chi connectivity index (χ0n) is 12.7. The maximum atomic E-state index is 12.4. The minimum atomic E-state index is -3.68. The van der Waals surface area contributed by atoms with E-state index in [9.17, 15) is 8.42 Å². The van der Waals surface area contributed by atoms with E-state index >= 15 is 0 Å². The molecule has 0 spiro atoms. The molecule has 0 radical (unpaired) electrons. The molecular formula is C15H14ClN5O2S. The Hall–Kier alpha value is -2.29. The number of halogens is 1. The fraction of sp³-hybridized carbons (Fsp3) is 0.133. The molecule has 2 heterocycles. The molecule has 0 saturated heterocycles. The Morgan fingerprint density at radius 2 is 1.92 bits per heavy atom. The number of nitrogens with zero attached hydrogens (tertiary/aromatic N) is 4. The van der Waals surface area contributed by atoms with Gasteiger partial charge in [0.25, 0.3) is 0 Å². The summed E-state index contributed by atoms with van der Waals surface area (Å²) in [6.45, 7) is 1.77. The van der Waals surface area contributed by atoms with Crippen LogP contribution < -0.4 is 4.72 Å². The molecule has 1 N–H and O–H groups in total. The summed E-state index contributed by atoms with van der Waals surface area (Å²) in [6.07, 6.45) is 4.27. The first kappa shape index (κ1) is 16.6. The van der Waals surface area contributed by atoms with E-state index in [0.29, 0.717) is 0 Å². The standard InChI is InChI=1S/C15H14ClN5O2S/c1-11(20-24(22,23)14-6-7-15(16)18-8-14)12-2-4-13(5-3-12)21-10-17-9-19-21/h2-11,20H,1H3. The summed E-state index contributed by atoms with van der Waals surface area (Å²) in [5.74, 6) is 0. The molecule has 2 aromatic heterocycles. The fourth-order valence-electron chi connectivity index (χ4n) is 2.15. The molecule has 3 rings (SSSR count). The van der Waals surface area contributed by atoms with Gasteiger partial charge in [0.1, 0.15) is 22.7 Å². The lowest BCUT2D eigenvalue weighted by Crippen LogP contribution is -2.27. The molecule has 0 aliphatic heterocycles. The predicted molar refractivity (Wildman–Crippen MR) is 89.3 cm³/mol. The summed E-state index contributed by atoms with van der Waals surface area (Å²) >= 11 is 5.68. The number of benzene rings is 1. The van der Waals surface area contributed by atoms with Crippen molar-refractivity contribution >= 4 is 21.6 Å². The summed E-state index contributed by atoms with van der Waals surface area (Å²) in [5, 5.41) is 4.28. The van der Waals surface area contributed by atoms with Gasteiger partial charge in [-0.05, 0) is 36.8 Å². The largest absolute Gasteiger partial charge is 0.243 e. The molecule has 0 aliphatic carbocycles. The van der Waals surface area contributed by atoms with Gasteiger partial charge in [0, 0.05) is 12.2 Å². The summed E-state index contributed by atoms with van der Waals surface area (Å²) in [7, 11) is -3.68. The fourth-order valence-corrected chi connectivity index (χ4v) is 3.44. The highest BCUT2D eigenvalue weighted by Gasteiger charge is 2.18. The first-order valence-corrected chi connectivity index (χ1v) is 8.91. The lowest BCUT2D eigenvalue weighted by molar-refractivity contribution is 0.566. The minimum Gasteiger partial charge on any atom is -0.243 e. The first-order valence-electron chi connectivity index (χ1n) is 7.04. The third kappa shape index (κ3) is 3.61. The Morgan fingerprint density at radius 3 is 2.50 bits per heavy atom. The van der Waals surface area contributed by atoms with Crippen molar-refractivity contribution in [2.45, 2.75) is 17.9 Å². The van der Waals surface area contributed by atoms with Crippen molar-refractivity contribution in [3.05, 3.63) is 66.0 Å². The third-order valence-corrected chi connectivity index (χ3v) is 5.17. The topological polar surface area (TPSA) is 89.8 Å². The molecule has 0 amide bonds. The van der Waals surface area contributed by atoms with Crippen LogP contribution in [0.2, 0.25) is 5.15 Å². The van der Waals surface area contributed by atoms with Crippen LogP contribution in [0.1, 0.15) is 18.5 Å². The Morgan fingerprint density at radius 1 is 1.17 bits per heavy atom. The van der Waals surface area contributed by atoms with Gasteiger partial charge in [-0.15, -0.1) is 0 Å². The van der Waals surface area contributed by atoms with Crippen LogP contribution in [0.3, 0.4) is 0 Å². The zero-order chi connectivity index (χ0) is 17.2. The predicted octanol–water partition coefficient (Wildman–Crippen LogP) is 2.36. The molecule has 1 atom stereocenters. The summed E-state index contributed by atoms with van der Waals surface area (Å²) in [4.78, 5) is 7.75. The molecule has 3 aromatic rings. The van der Waals surface area contributed by atoms with E-state index in [2.05, 4.69) is 19.8 Å². The molecular weight excluding hydrogens is 350 g/mol. The van der Waals surface area contributed by atoms with Gasteiger partial charge in [0.05, 0.1) is 5.69 Å². The Bertz CT molecular complexity index is 910. The van der Waals surface area contributed by atoms with Crippen molar-refractivity contribution in [2.75, 3.05) is 0 Å². The molecule has 0 fully saturated rings. The SMILES string of the molecule is CC(NS(=O)(=O)c1ccc(Cl)nc1)c1ccc(-n2cncn2)cc1. The zero-order valence-corrected chi connectivity index (χ0v) is 14.2. The van der Waals surface area contributed by atoms with Gasteiger partial charge in [-0.25, -0.2) is 27.8 Å². The maximum Gasteiger partial charge on any atom is 0.242 e. The second kappa shape index (κ2) is 6.68. The maximum absolute atomic E-state index is 12.4. The average molecular weight is 364 g/mol. The molecule has 0 saturated carbocycles. The number of pyridine rings is 1. The van der Waals surface area contributed by atoms with E-state index in [1.54, 1.807) is 17.9 Å². The van der Waals surface area contributed by atoms with Crippen molar-refractivity contribution < 1.29 is 8.42 Å². The van der Waals surface area contributed by atoms with Crippen LogP contribution in [0.5, 0.6) is 0 Å². The van der Waals surface area contributed by atoms with Crippen LogP contribution in [0.25, 0.3) is 5.69 Å². The van der Waals surface area contributed by atoms with Gasteiger partial charge >= 0.3 is 0 Å². The smallest absolute Gasteiger partial charge is 0.242 e. The first-order chi connectivity index (χ1) is 11.5. The van der Waals surface area contributed by atoms with Crippen LogP contribution in [0.15, 0.2) is 60.1 Å². The molecule has 24 heavy (non-hydrogen) atoms. The molecule has 1 unspecified atom stereocenters. The lowest BCUT2D eigenvalue weighted by atomic mass is 10.1. The number of aromatic nitrogens is 4. The van der Waals surface area contributed by atoms with Crippen molar-refractivity contribution in [3.63, 3.8) is 0 Å². The van der Waals surface area contributed by atoms with E-state index < -0.39 is 16.1 Å². The number of hydrogen-bond acceptors (Lipinski definition) is 5. The number of nitrogens with one attached hydrogen (secondary N) is 1. The van der Waals surface area contributed by atoms with Crippen molar-refractivity contribution in [2.24, 2.45) is 0 Å². The Kier molecular flexibility index (Phi) is 4.61. The average Bonchev–Trinajstić information content (AvgIpc) is 3.09. The van der Waals surface area contributed by atoms with Crippen molar-refractivity contribution in [1.82, 2.24) is 24.5 Å². The highest BCUT2D eigenvalue weighted by molar-refractivity contribution is 7.89. The molecule has 9 heteroatoms. The summed E-state index contributed by atoms with van der Waals surface area (Å²) in [6, 6.07) is 9.81. The highest BCUT2D eigenvalue weighted by atomic mass is 35.5. The van der Waals surface area contributed by atoms with Crippen LogP contribution in [0, 0.1) is 0 Å². The van der Waals surface area contributed by atoms with E-state index in [0.717, 1.165) is 11.3 Å².